The summed E-state index contributed by atoms with van der Waals surface area (Å²) in [5, 5.41) is 4.62. The summed E-state index contributed by atoms with van der Waals surface area (Å²) < 4.78 is 0. The van der Waals surface area contributed by atoms with Crippen molar-refractivity contribution >= 4 is 11.3 Å². The molecule has 1 N–H and O–H groups in total. The number of nitrogens with one attached hydrogen (secondary N) is 1. The summed E-state index contributed by atoms with van der Waals surface area (Å²) >= 11 is 1.78. The largest absolute Gasteiger partial charge is 0.309 e. The first kappa shape index (κ1) is 14.2. The van der Waals surface area contributed by atoms with Crippen LogP contribution in [0, 0.1) is 0 Å². The van der Waals surface area contributed by atoms with E-state index in [1.54, 1.807) is 11.3 Å². The number of rotatable bonds is 6. The Kier molecular flexibility index (Phi) is 5.11. The van der Waals surface area contributed by atoms with Crippen molar-refractivity contribution in [2.45, 2.75) is 46.2 Å². The lowest BCUT2D eigenvalue weighted by Crippen LogP contribution is -2.23. The van der Waals surface area contributed by atoms with Crippen molar-refractivity contribution in [1.29, 1.82) is 0 Å². The maximum absolute atomic E-state index is 4.52. The Balaban J connectivity index is 2.03. The molecule has 1 aromatic heterocycles. The van der Waals surface area contributed by atoms with Crippen LogP contribution in [-0.4, -0.2) is 11.0 Å². The number of nitrogens with zero attached hydrogens (tertiary/aromatic N) is 1. The van der Waals surface area contributed by atoms with Crippen LogP contribution in [0.2, 0.25) is 0 Å². The van der Waals surface area contributed by atoms with Crippen molar-refractivity contribution < 1.29 is 0 Å². The highest BCUT2D eigenvalue weighted by Gasteiger charge is 2.05. The van der Waals surface area contributed by atoms with Gasteiger partial charge in [-0.25, -0.2) is 4.98 Å². The number of thiazole rings is 1. The van der Waals surface area contributed by atoms with Gasteiger partial charge in [-0.15, -0.1) is 11.3 Å². The molecule has 3 heteroatoms. The third-order valence-corrected chi connectivity index (χ3v) is 4.45. The van der Waals surface area contributed by atoms with Crippen LogP contribution in [0.1, 0.15) is 37.6 Å². The van der Waals surface area contributed by atoms with Gasteiger partial charge in [0.25, 0.3) is 0 Å². The zero-order valence-corrected chi connectivity index (χ0v) is 12.8. The summed E-state index contributed by atoms with van der Waals surface area (Å²) in [6, 6.07) is 9.28. The van der Waals surface area contributed by atoms with Crippen LogP contribution in [0.5, 0.6) is 0 Å². The molecule has 1 atom stereocenters. The smallest absolute Gasteiger partial charge is 0.123 e. The average molecular weight is 274 g/mol. The first-order chi connectivity index (χ1) is 9.22. The van der Waals surface area contributed by atoms with Gasteiger partial charge in [0, 0.05) is 29.2 Å². The second-order valence-electron chi connectivity index (χ2n) is 4.87. The van der Waals surface area contributed by atoms with E-state index in [0.29, 0.717) is 6.04 Å². The molecule has 0 amide bonds. The van der Waals surface area contributed by atoms with Gasteiger partial charge in [-0.05, 0) is 25.3 Å². The highest BCUT2D eigenvalue weighted by Crippen LogP contribution is 2.25. The molecule has 102 valence electrons. The lowest BCUT2D eigenvalue weighted by Gasteiger charge is -2.08. The summed E-state index contributed by atoms with van der Waals surface area (Å²) in [6.45, 7) is 7.51. The van der Waals surface area contributed by atoms with E-state index in [2.05, 4.69) is 55.3 Å². The highest BCUT2D eigenvalue weighted by molar-refractivity contribution is 7.15. The van der Waals surface area contributed by atoms with Crippen LogP contribution in [0.25, 0.3) is 10.6 Å². The van der Waals surface area contributed by atoms with Gasteiger partial charge >= 0.3 is 0 Å². The molecule has 0 saturated carbocycles. The highest BCUT2D eigenvalue weighted by atomic mass is 32.1. The third kappa shape index (κ3) is 3.88. The molecule has 0 saturated heterocycles. The van der Waals surface area contributed by atoms with E-state index in [1.165, 1.54) is 16.0 Å². The Morgan fingerprint density at radius 2 is 1.95 bits per heavy atom. The Morgan fingerprint density at radius 3 is 2.58 bits per heavy atom. The minimum Gasteiger partial charge on any atom is -0.309 e. The quantitative estimate of drug-likeness (QED) is 0.851. The van der Waals surface area contributed by atoms with Crippen molar-refractivity contribution in [2.75, 3.05) is 0 Å². The topological polar surface area (TPSA) is 24.9 Å². The van der Waals surface area contributed by atoms with Crippen LogP contribution in [0.15, 0.2) is 30.5 Å². The summed E-state index contributed by atoms with van der Waals surface area (Å²) in [4.78, 5) is 5.83. The van der Waals surface area contributed by atoms with Gasteiger partial charge in [0.05, 0.1) is 0 Å². The second-order valence-corrected chi connectivity index (χ2v) is 5.99. The molecule has 0 bridgehead atoms. The fourth-order valence-electron chi connectivity index (χ4n) is 1.82. The van der Waals surface area contributed by atoms with Gasteiger partial charge in [-0.2, -0.15) is 0 Å². The standard InChI is InChI=1S/C16H22N2S/c1-4-12(3)17-10-15-11-18-16(19-15)14-8-6-13(5-2)7-9-14/h6-9,11-12,17H,4-5,10H2,1-3H3. The monoisotopic (exact) mass is 274 g/mol. The minimum atomic E-state index is 0.564. The van der Waals surface area contributed by atoms with Crippen molar-refractivity contribution in [3.63, 3.8) is 0 Å². The molecule has 0 spiro atoms. The van der Waals surface area contributed by atoms with Crippen molar-refractivity contribution in [3.8, 4) is 10.6 Å². The minimum absolute atomic E-state index is 0.564. The Labute approximate surface area is 119 Å². The van der Waals surface area contributed by atoms with Crippen molar-refractivity contribution in [3.05, 3.63) is 40.9 Å². The first-order valence-electron chi connectivity index (χ1n) is 7.00. The van der Waals surface area contributed by atoms with E-state index in [1.807, 2.05) is 6.20 Å². The first-order valence-corrected chi connectivity index (χ1v) is 7.82. The van der Waals surface area contributed by atoms with Gasteiger partial charge in [-0.1, -0.05) is 38.1 Å². The van der Waals surface area contributed by atoms with Crippen molar-refractivity contribution in [1.82, 2.24) is 10.3 Å². The van der Waals surface area contributed by atoms with Gasteiger partial charge in [0.1, 0.15) is 5.01 Å². The number of aromatic nitrogens is 1. The van der Waals surface area contributed by atoms with Gasteiger partial charge in [-0.3, -0.25) is 0 Å². The third-order valence-electron chi connectivity index (χ3n) is 3.40. The summed E-state index contributed by atoms with van der Waals surface area (Å²) in [7, 11) is 0. The number of aryl methyl sites for hydroxylation is 1. The van der Waals surface area contributed by atoms with Crippen LogP contribution >= 0.6 is 11.3 Å². The summed E-state index contributed by atoms with van der Waals surface area (Å²) in [5.74, 6) is 0. The fourth-order valence-corrected chi connectivity index (χ4v) is 2.69. The molecule has 19 heavy (non-hydrogen) atoms. The van der Waals surface area contributed by atoms with Crippen LogP contribution in [0.4, 0.5) is 0 Å². The molecule has 2 rings (SSSR count). The number of hydrogen-bond donors (Lipinski definition) is 1. The van der Waals surface area contributed by atoms with E-state index >= 15 is 0 Å². The van der Waals surface area contributed by atoms with Gasteiger partial charge < -0.3 is 5.32 Å². The SMILES string of the molecule is CCc1ccc(-c2ncc(CNC(C)CC)s2)cc1. The normalized spacial score (nSPS) is 12.6. The zero-order chi connectivity index (χ0) is 13.7. The van der Waals surface area contributed by atoms with Gasteiger partial charge in [0.2, 0.25) is 0 Å². The van der Waals surface area contributed by atoms with Crippen LogP contribution in [0.3, 0.4) is 0 Å². The zero-order valence-electron chi connectivity index (χ0n) is 11.9. The molecule has 0 fully saturated rings. The maximum atomic E-state index is 4.52. The molecule has 0 aliphatic heterocycles. The van der Waals surface area contributed by atoms with E-state index in [9.17, 15) is 0 Å². The van der Waals surface area contributed by atoms with E-state index in [-0.39, 0.29) is 0 Å². The Hall–Kier alpha value is -1.19. The van der Waals surface area contributed by atoms with Crippen LogP contribution in [-0.2, 0) is 13.0 Å². The lowest BCUT2D eigenvalue weighted by atomic mass is 10.1. The van der Waals surface area contributed by atoms with E-state index in [0.717, 1.165) is 24.4 Å². The summed E-state index contributed by atoms with van der Waals surface area (Å²) in [5.41, 5.74) is 2.59. The summed E-state index contributed by atoms with van der Waals surface area (Å²) in [6.07, 6.45) is 4.23. The lowest BCUT2D eigenvalue weighted by molar-refractivity contribution is 0.537. The molecule has 0 radical (unpaired) electrons. The predicted octanol–water partition coefficient (Wildman–Crippen LogP) is 4.26. The molecule has 2 nitrogen and oxygen atoms in total. The van der Waals surface area contributed by atoms with E-state index < -0.39 is 0 Å². The molecule has 1 unspecified atom stereocenters. The molecular weight excluding hydrogens is 252 g/mol. The molecule has 1 aromatic carbocycles. The molecule has 2 aromatic rings. The van der Waals surface area contributed by atoms with Crippen molar-refractivity contribution in [2.24, 2.45) is 0 Å². The van der Waals surface area contributed by atoms with Gasteiger partial charge in [0.15, 0.2) is 0 Å². The molecular formula is C16H22N2S. The Bertz CT molecular complexity index is 502. The number of hydrogen-bond acceptors (Lipinski definition) is 3. The molecule has 0 aliphatic rings. The maximum Gasteiger partial charge on any atom is 0.123 e. The average Bonchev–Trinajstić information content (AvgIpc) is 2.93. The van der Waals surface area contributed by atoms with E-state index in [4.69, 9.17) is 0 Å². The molecule has 0 aliphatic carbocycles. The second kappa shape index (κ2) is 6.83. The van der Waals surface area contributed by atoms with Crippen LogP contribution < -0.4 is 5.32 Å². The molecule has 1 heterocycles. The number of benzene rings is 1. The Morgan fingerprint density at radius 1 is 1.21 bits per heavy atom. The fraction of sp³-hybridized carbons (Fsp3) is 0.438. The predicted molar refractivity (Wildman–Crippen MR) is 83.5 cm³/mol.